The summed E-state index contributed by atoms with van der Waals surface area (Å²) in [5, 5.41) is 3.13. The monoisotopic (exact) mass is 431 g/mol. The first-order valence-corrected chi connectivity index (χ1v) is 9.91. The fraction of sp³-hybridized carbons (Fsp3) is 0.0833. The number of nitrogens with zero attached hydrogens (tertiary/aromatic N) is 2. The van der Waals surface area contributed by atoms with E-state index in [0.717, 1.165) is 16.9 Å². The zero-order valence-corrected chi connectivity index (χ0v) is 17.6. The van der Waals surface area contributed by atoms with Crippen molar-refractivity contribution in [1.29, 1.82) is 0 Å². The lowest BCUT2D eigenvalue weighted by atomic mass is 10.2. The van der Waals surface area contributed by atoms with E-state index in [-0.39, 0.29) is 5.91 Å². The van der Waals surface area contributed by atoms with E-state index in [4.69, 9.17) is 16.3 Å². The number of carbonyl (C=O) groups is 2. The molecule has 0 saturated heterocycles. The van der Waals surface area contributed by atoms with E-state index < -0.39 is 5.97 Å². The molecule has 1 amide bonds. The minimum Gasteiger partial charge on any atom is -0.423 e. The maximum absolute atomic E-state index is 12.5. The van der Waals surface area contributed by atoms with Crippen LogP contribution < -0.4 is 10.1 Å². The van der Waals surface area contributed by atoms with E-state index in [1.54, 1.807) is 66.7 Å². The smallest absolute Gasteiger partial charge is 0.343 e. The number of ether oxygens (including phenoxy) is 1. The number of benzene rings is 3. The van der Waals surface area contributed by atoms with Crippen molar-refractivity contribution in [3.8, 4) is 5.75 Å². The van der Waals surface area contributed by atoms with Gasteiger partial charge in [-0.25, -0.2) is 14.8 Å². The Kier molecular flexibility index (Phi) is 5.64. The highest BCUT2D eigenvalue weighted by Gasteiger charge is 2.13. The molecule has 154 valence electrons. The summed E-state index contributed by atoms with van der Waals surface area (Å²) < 4.78 is 5.45. The van der Waals surface area contributed by atoms with Crippen molar-refractivity contribution in [3.63, 3.8) is 0 Å². The van der Waals surface area contributed by atoms with Crippen LogP contribution in [0.4, 0.5) is 5.69 Å². The largest absolute Gasteiger partial charge is 0.423 e. The Bertz CT molecular complexity index is 1300. The zero-order chi connectivity index (χ0) is 22.0. The summed E-state index contributed by atoms with van der Waals surface area (Å²) in [6.45, 7) is 3.77. The highest BCUT2D eigenvalue weighted by atomic mass is 35.5. The molecule has 4 aromatic rings. The molecule has 1 N–H and O–H groups in total. The maximum atomic E-state index is 12.5. The Hall–Kier alpha value is -3.77. The Balaban J connectivity index is 1.45. The molecule has 0 atom stereocenters. The molecule has 1 heterocycles. The Morgan fingerprint density at radius 2 is 1.55 bits per heavy atom. The highest BCUT2D eigenvalue weighted by Crippen LogP contribution is 2.21. The van der Waals surface area contributed by atoms with Gasteiger partial charge in [-0.1, -0.05) is 23.7 Å². The zero-order valence-electron chi connectivity index (χ0n) is 16.8. The molecule has 0 bridgehead atoms. The van der Waals surface area contributed by atoms with Crippen LogP contribution in [0.5, 0.6) is 5.75 Å². The first-order valence-electron chi connectivity index (χ1n) is 9.54. The number of aryl methyl sites for hydroxylation is 2. The SMILES string of the molecule is Cc1nc2ccc(C(=O)Oc3ccc(NC(=O)c4ccccc4Cl)cc3)cc2nc1C. The van der Waals surface area contributed by atoms with E-state index >= 15 is 0 Å². The number of carbonyl (C=O) groups excluding carboxylic acids is 2. The van der Waals surface area contributed by atoms with Gasteiger partial charge in [-0.3, -0.25) is 4.79 Å². The van der Waals surface area contributed by atoms with Gasteiger partial charge in [0.05, 0.1) is 38.6 Å². The van der Waals surface area contributed by atoms with E-state index in [1.165, 1.54) is 0 Å². The molecule has 0 radical (unpaired) electrons. The number of esters is 1. The van der Waals surface area contributed by atoms with Gasteiger partial charge in [0, 0.05) is 5.69 Å². The number of hydrogen-bond acceptors (Lipinski definition) is 5. The van der Waals surface area contributed by atoms with Gasteiger partial charge < -0.3 is 10.1 Å². The minimum absolute atomic E-state index is 0.321. The molecule has 0 aliphatic rings. The summed E-state index contributed by atoms with van der Waals surface area (Å²) in [4.78, 5) is 33.8. The van der Waals surface area contributed by atoms with E-state index in [2.05, 4.69) is 15.3 Å². The summed E-state index contributed by atoms with van der Waals surface area (Å²) in [5.41, 5.74) is 4.33. The van der Waals surface area contributed by atoms with Crippen LogP contribution >= 0.6 is 11.6 Å². The molecule has 0 fully saturated rings. The summed E-state index contributed by atoms with van der Waals surface area (Å²) in [7, 11) is 0. The van der Waals surface area contributed by atoms with Gasteiger partial charge in [0.15, 0.2) is 0 Å². The topological polar surface area (TPSA) is 81.2 Å². The molecule has 31 heavy (non-hydrogen) atoms. The molecule has 0 aliphatic carbocycles. The molecule has 0 unspecified atom stereocenters. The number of hydrogen-bond donors (Lipinski definition) is 1. The molecule has 0 spiro atoms. The normalized spacial score (nSPS) is 10.7. The predicted molar refractivity (Wildman–Crippen MR) is 120 cm³/mol. The van der Waals surface area contributed by atoms with Crippen molar-refractivity contribution >= 4 is 40.2 Å². The first kappa shape index (κ1) is 20.5. The van der Waals surface area contributed by atoms with Gasteiger partial charge in [-0.15, -0.1) is 0 Å². The molecule has 6 nitrogen and oxygen atoms in total. The second-order valence-electron chi connectivity index (χ2n) is 6.95. The number of amides is 1. The molecule has 7 heteroatoms. The third kappa shape index (κ3) is 4.54. The second-order valence-corrected chi connectivity index (χ2v) is 7.35. The summed E-state index contributed by atoms with van der Waals surface area (Å²) >= 11 is 6.05. The summed E-state index contributed by atoms with van der Waals surface area (Å²) in [6, 6.07) is 18.4. The number of aromatic nitrogens is 2. The van der Waals surface area contributed by atoms with Crippen molar-refractivity contribution in [3.05, 3.63) is 94.3 Å². The van der Waals surface area contributed by atoms with Gasteiger partial charge in [-0.2, -0.15) is 0 Å². The van der Waals surface area contributed by atoms with Gasteiger partial charge in [0.1, 0.15) is 5.75 Å². The number of nitrogens with one attached hydrogen (secondary N) is 1. The number of halogens is 1. The van der Waals surface area contributed by atoms with Gasteiger partial charge in [0.2, 0.25) is 0 Å². The van der Waals surface area contributed by atoms with E-state index in [9.17, 15) is 9.59 Å². The fourth-order valence-corrected chi connectivity index (χ4v) is 3.20. The third-order valence-corrected chi connectivity index (χ3v) is 5.08. The van der Waals surface area contributed by atoms with Crippen molar-refractivity contribution in [2.24, 2.45) is 0 Å². The number of fused-ring (bicyclic) bond motifs is 1. The van der Waals surface area contributed by atoms with Crippen LogP contribution in [0.2, 0.25) is 5.02 Å². The quantitative estimate of drug-likeness (QED) is 0.347. The van der Waals surface area contributed by atoms with Gasteiger partial charge >= 0.3 is 5.97 Å². The van der Waals surface area contributed by atoms with Crippen LogP contribution in [0.3, 0.4) is 0 Å². The molecule has 3 aromatic carbocycles. The highest BCUT2D eigenvalue weighted by molar-refractivity contribution is 6.34. The first-order chi connectivity index (χ1) is 14.9. The Morgan fingerprint density at radius 3 is 2.26 bits per heavy atom. The van der Waals surface area contributed by atoms with Crippen molar-refractivity contribution in [1.82, 2.24) is 9.97 Å². The third-order valence-electron chi connectivity index (χ3n) is 4.75. The van der Waals surface area contributed by atoms with Crippen LogP contribution in [0.1, 0.15) is 32.1 Å². The average molecular weight is 432 g/mol. The maximum Gasteiger partial charge on any atom is 0.343 e. The lowest BCUT2D eigenvalue weighted by Gasteiger charge is -2.09. The Morgan fingerprint density at radius 1 is 0.871 bits per heavy atom. The minimum atomic E-state index is -0.505. The second kappa shape index (κ2) is 8.53. The van der Waals surface area contributed by atoms with Crippen LogP contribution in [0.15, 0.2) is 66.7 Å². The van der Waals surface area contributed by atoms with E-state index in [1.807, 2.05) is 13.8 Å². The lowest BCUT2D eigenvalue weighted by Crippen LogP contribution is -2.12. The van der Waals surface area contributed by atoms with Crippen LogP contribution in [0, 0.1) is 13.8 Å². The van der Waals surface area contributed by atoms with Crippen LogP contribution in [-0.4, -0.2) is 21.8 Å². The molecular weight excluding hydrogens is 414 g/mol. The van der Waals surface area contributed by atoms with Crippen LogP contribution in [0.25, 0.3) is 11.0 Å². The predicted octanol–water partition coefficient (Wildman–Crippen LogP) is 5.37. The summed E-state index contributed by atoms with van der Waals surface area (Å²) in [6.07, 6.45) is 0. The summed E-state index contributed by atoms with van der Waals surface area (Å²) in [5.74, 6) is -0.472. The van der Waals surface area contributed by atoms with E-state index in [0.29, 0.717) is 33.1 Å². The molecular formula is C24H18ClN3O3. The fourth-order valence-electron chi connectivity index (χ4n) is 2.97. The molecule has 4 rings (SSSR count). The van der Waals surface area contributed by atoms with Crippen molar-refractivity contribution < 1.29 is 14.3 Å². The van der Waals surface area contributed by atoms with Crippen LogP contribution in [-0.2, 0) is 0 Å². The molecule has 0 aliphatic heterocycles. The lowest BCUT2D eigenvalue weighted by molar-refractivity contribution is 0.0734. The van der Waals surface area contributed by atoms with Gasteiger partial charge in [-0.05, 0) is 68.4 Å². The number of anilines is 1. The van der Waals surface area contributed by atoms with Crippen molar-refractivity contribution in [2.75, 3.05) is 5.32 Å². The van der Waals surface area contributed by atoms with Gasteiger partial charge in [0.25, 0.3) is 5.91 Å². The standard InChI is InChI=1S/C24H18ClN3O3/c1-14-15(2)27-22-13-16(7-12-21(22)26-14)24(30)31-18-10-8-17(9-11-18)28-23(29)19-5-3-4-6-20(19)25/h3-13H,1-2H3,(H,28,29). The Labute approximate surface area is 183 Å². The average Bonchev–Trinajstić information content (AvgIpc) is 2.76. The molecule has 1 aromatic heterocycles. The van der Waals surface area contributed by atoms with Crippen molar-refractivity contribution in [2.45, 2.75) is 13.8 Å². The number of rotatable bonds is 4. The molecule has 0 saturated carbocycles.